The van der Waals surface area contributed by atoms with Crippen molar-refractivity contribution in [3.8, 4) is 0 Å². The van der Waals surface area contributed by atoms with Gasteiger partial charge in [-0.05, 0) is 48.0 Å². The highest BCUT2D eigenvalue weighted by atomic mass is 35.5. The van der Waals surface area contributed by atoms with Crippen molar-refractivity contribution in [1.82, 2.24) is 0 Å². The van der Waals surface area contributed by atoms with Gasteiger partial charge < -0.3 is 10.2 Å². The molecule has 0 atom stereocenters. The Balaban J connectivity index is 2.28. The Bertz CT molecular complexity index is 530. The van der Waals surface area contributed by atoms with Crippen molar-refractivity contribution < 1.29 is 10.2 Å². The summed E-state index contributed by atoms with van der Waals surface area (Å²) in [6.07, 6.45) is 9.05. The van der Waals surface area contributed by atoms with E-state index in [0.29, 0.717) is 0 Å². The Morgan fingerprint density at radius 3 is 1.61 bits per heavy atom. The molecule has 23 heavy (non-hydrogen) atoms. The van der Waals surface area contributed by atoms with Crippen LogP contribution in [-0.2, 0) is 0 Å². The smallest absolute Gasteiger partial charge is 0.0434 e. The molecule has 0 heterocycles. The predicted molar refractivity (Wildman–Crippen MR) is 97.6 cm³/mol. The van der Waals surface area contributed by atoms with Gasteiger partial charge in [0.2, 0.25) is 0 Å². The summed E-state index contributed by atoms with van der Waals surface area (Å²) in [5, 5.41) is 20.1. The maximum absolute atomic E-state index is 9.14. The van der Waals surface area contributed by atoms with E-state index in [1.165, 1.54) is 22.3 Å². The third-order valence-electron chi connectivity index (χ3n) is 4.79. The molecule has 0 aromatic rings. The molecule has 0 saturated carbocycles. The molecular weight excluding hydrogens is 331 g/mol. The van der Waals surface area contributed by atoms with Gasteiger partial charge in [0.25, 0.3) is 0 Å². The molecule has 0 amide bonds. The molecule has 128 valence electrons. The second-order valence-corrected chi connectivity index (χ2v) is 7.60. The topological polar surface area (TPSA) is 40.5 Å². The third kappa shape index (κ3) is 3.93. The van der Waals surface area contributed by atoms with Crippen LogP contribution in [0.2, 0.25) is 0 Å². The van der Waals surface area contributed by atoms with Crippen molar-refractivity contribution in [2.24, 2.45) is 5.41 Å². The summed E-state index contributed by atoms with van der Waals surface area (Å²) in [6.45, 7) is 4.79. The summed E-state index contributed by atoms with van der Waals surface area (Å²) in [5.74, 6) is 0. The fourth-order valence-electron chi connectivity index (χ4n) is 3.63. The van der Waals surface area contributed by atoms with Crippen LogP contribution in [0.3, 0.4) is 0 Å². The zero-order valence-corrected chi connectivity index (χ0v) is 15.5. The van der Waals surface area contributed by atoms with E-state index in [0.717, 1.165) is 48.6 Å². The molecule has 2 nitrogen and oxygen atoms in total. The molecule has 0 bridgehead atoms. The van der Waals surface area contributed by atoms with E-state index in [1.807, 2.05) is 0 Å². The first-order valence-corrected chi connectivity index (χ1v) is 9.07. The Morgan fingerprint density at radius 2 is 1.26 bits per heavy atom. The van der Waals surface area contributed by atoms with Gasteiger partial charge in [0.1, 0.15) is 0 Å². The summed E-state index contributed by atoms with van der Waals surface area (Å²) in [4.78, 5) is 0. The molecule has 0 radical (unpaired) electrons. The van der Waals surface area contributed by atoms with Crippen molar-refractivity contribution >= 4 is 23.2 Å². The molecule has 0 unspecified atom stereocenters. The van der Waals surface area contributed by atoms with Crippen LogP contribution < -0.4 is 0 Å². The van der Waals surface area contributed by atoms with Gasteiger partial charge in [-0.15, -0.1) is 0 Å². The number of hydrogen-bond donors (Lipinski definition) is 2. The average Bonchev–Trinajstić information content (AvgIpc) is 3.07. The molecule has 2 N–H and O–H groups in total. The largest absolute Gasteiger partial charge is 0.396 e. The minimum atomic E-state index is -0.164. The average molecular weight is 357 g/mol. The molecule has 0 aliphatic heterocycles. The summed E-state index contributed by atoms with van der Waals surface area (Å²) < 4.78 is 0. The first kappa shape index (κ1) is 18.8. The second kappa shape index (κ2) is 8.02. The van der Waals surface area contributed by atoms with Crippen molar-refractivity contribution in [3.63, 3.8) is 0 Å². The zero-order chi connectivity index (χ0) is 17.0. The van der Waals surface area contributed by atoms with Crippen LogP contribution >= 0.6 is 23.2 Å². The fraction of sp³-hybridized carbons (Fsp3) is 0.579. The van der Waals surface area contributed by atoms with Gasteiger partial charge in [0.15, 0.2) is 0 Å². The molecular formula is C19H26Cl2O2. The molecule has 2 rings (SSSR count). The zero-order valence-electron chi connectivity index (χ0n) is 14.0. The molecule has 0 aromatic heterocycles. The Hall–Kier alpha value is -0.540. The Labute approximate surface area is 149 Å². The van der Waals surface area contributed by atoms with Crippen molar-refractivity contribution in [2.45, 2.75) is 52.4 Å². The quantitative estimate of drug-likeness (QED) is 0.627. The number of rotatable bonds is 8. The van der Waals surface area contributed by atoms with Gasteiger partial charge in [-0.25, -0.2) is 0 Å². The lowest BCUT2D eigenvalue weighted by atomic mass is 9.72. The van der Waals surface area contributed by atoms with Crippen LogP contribution in [0.1, 0.15) is 52.4 Å². The lowest BCUT2D eigenvalue weighted by molar-refractivity contribution is 0.288. The maximum Gasteiger partial charge on any atom is 0.0434 e. The molecule has 0 spiro atoms. The van der Waals surface area contributed by atoms with Gasteiger partial charge in [-0.2, -0.15) is 0 Å². The van der Waals surface area contributed by atoms with Crippen LogP contribution in [0.4, 0.5) is 0 Å². The number of aliphatic hydroxyl groups is 2. The van der Waals surface area contributed by atoms with Gasteiger partial charge in [0.05, 0.1) is 0 Å². The van der Waals surface area contributed by atoms with E-state index in [9.17, 15) is 0 Å². The molecule has 0 aromatic carbocycles. The van der Waals surface area contributed by atoms with E-state index in [1.54, 1.807) is 0 Å². The molecule has 0 saturated heterocycles. The first-order chi connectivity index (χ1) is 10.9. The van der Waals surface area contributed by atoms with Crippen LogP contribution in [-0.4, -0.2) is 23.4 Å². The number of aliphatic hydroxyl groups excluding tert-OH is 2. The Kier molecular flexibility index (Phi) is 6.56. The lowest BCUT2D eigenvalue weighted by Gasteiger charge is -2.32. The summed E-state index contributed by atoms with van der Waals surface area (Å²) in [6, 6.07) is 0. The highest BCUT2D eigenvalue weighted by Crippen LogP contribution is 2.51. The van der Waals surface area contributed by atoms with Gasteiger partial charge in [-0.3, -0.25) is 0 Å². The monoisotopic (exact) mass is 356 g/mol. The standard InChI is InChI=1S/C19H26Cl2O2/c1-19(2,15-7-9-17(20)13(15)5-3-11-22)16-8-10-18(21)14(16)6-4-12-23/h7-8,22-23H,3-6,9-12H2,1-2H3. The van der Waals surface area contributed by atoms with Crippen molar-refractivity contribution in [2.75, 3.05) is 13.2 Å². The van der Waals surface area contributed by atoms with Crippen LogP contribution in [0.25, 0.3) is 0 Å². The molecule has 4 heteroatoms. The highest BCUT2D eigenvalue weighted by Gasteiger charge is 2.36. The summed E-state index contributed by atoms with van der Waals surface area (Å²) in [5.41, 5.74) is 4.71. The van der Waals surface area contributed by atoms with E-state index in [-0.39, 0.29) is 18.6 Å². The van der Waals surface area contributed by atoms with Crippen molar-refractivity contribution in [3.05, 3.63) is 44.5 Å². The van der Waals surface area contributed by atoms with Gasteiger partial charge >= 0.3 is 0 Å². The molecule has 2 aliphatic carbocycles. The normalized spacial score (nSPS) is 18.9. The SMILES string of the molecule is CC(C)(C1=CCC(Cl)=C1CCCO)C1=CCC(Cl)=C1CCCO. The molecule has 0 fully saturated rings. The first-order valence-electron chi connectivity index (χ1n) is 8.32. The fourth-order valence-corrected chi connectivity index (χ4v) is 4.18. The minimum absolute atomic E-state index is 0.164. The van der Waals surface area contributed by atoms with Crippen LogP contribution in [0.15, 0.2) is 44.5 Å². The summed E-state index contributed by atoms with van der Waals surface area (Å²) in [7, 11) is 0. The van der Waals surface area contributed by atoms with Gasteiger partial charge in [-0.1, -0.05) is 49.2 Å². The predicted octanol–water partition coefficient (Wildman–Crippen LogP) is 5.20. The van der Waals surface area contributed by atoms with Crippen LogP contribution in [0, 0.1) is 5.41 Å². The minimum Gasteiger partial charge on any atom is -0.396 e. The van der Waals surface area contributed by atoms with E-state index in [4.69, 9.17) is 33.4 Å². The lowest BCUT2D eigenvalue weighted by Crippen LogP contribution is -2.20. The van der Waals surface area contributed by atoms with E-state index in [2.05, 4.69) is 26.0 Å². The Morgan fingerprint density at radius 1 is 0.870 bits per heavy atom. The maximum atomic E-state index is 9.14. The van der Waals surface area contributed by atoms with Crippen molar-refractivity contribution in [1.29, 1.82) is 0 Å². The van der Waals surface area contributed by atoms with Crippen LogP contribution in [0.5, 0.6) is 0 Å². The third-order valence-corrected chi connectivity index (χ3v) is 5.56. The molecule has 2 aliphatic rings. The van der Waals surface area contributed by atoms with Gasteiger partial charge in [0, 0.05) is 41.5 Å². The summed E-state index contributed by atoms with van der Waals surface area (Å²) >= 11 is 12.9. The highest BCUT2D eigenvalue weighted by molar-refractivity contribution is 6.31. The van der Waals surface area contributed by atoms with E-state index < -0.39 is 0 Å². The van der Waals surface area contributed by atoms with E-state index >= 15 is 0 Å². The number of hydrogen-bond acceptors (Lipinski definition) is 2. The number of allylic oxidation sites excluding steroid dienone is 8. The second-order valence-electron chi connectivity index (χ2n) is 6.69. The number of halogens is 2.